The van der Waals surface area contributed by atoms with Gasteiger partial charge >= 0.3 is 5.97 Å². The van der Waals surface area contributed by atoms with Crippen LogP contribution in [0.15, 0.2) is 75.7 Å². The van der Waals surface area contributed by atoms with Crippen molar-refractivity contribution < 1.29 is 19.4 Å². The highest BCUT2D eigenvalue weighted by molar-refractivity contribution is 5.97. The van der Waals surface area contributed by atoms with E-state index in [0.717, 1.165) is 11.1 Å². The van der Waals surface area contributed by atoms with Gasteiger partial charge < -0.3 is 15.2 Å². The molecule has 10 nitrogen and oxygen atoms in total. The lowest BCUT2D eigenvalue weighted by atomic mass is 10.0. The number of benzene rings is 3. The molecule has 4 aromatic rings. The molecule has 0 unspecified atom stereocenters. The van der Waals surface area contributed by atoms with Gasteiger partial charge in [-0.15, -0.1) is 10.2 Å². The van der Waals surface area contributed by atoms with Crippen molar-refractivity contribution >= 4 is 23.3 Å². The van der Waals surface area contributed by atoms with Crippen molar-refractivity contribution in [2.24, 2.45) is 10.2 Å². The maximum absolute atomic E-state index is 13.1. The average Bonchev–Trinajstić information content (AvgIpc) is 3.21. The lowest BCUT2D eigenvalue weighted by molar-refractivity contribution is -0.141. The zero-order valence-corrected chi connectivity index (χ0v) is 22.1. The summed E-state index contributed by atoms with van der Waals surface area (Å²) in [7, 11) is 0. The largest absolute Gasteiger partial charge is 0.505 e. The van der Waals surface area contributed by atoms with Crippen molar-refractivity contribution in [1.82, 2.24) is 15.1 Å². The summed E-state index contributed by atoms with van der Waals surface area (Å²) < 4.78 is 6.23. The number of hydrogen-bond donors (Lipinski definition) is 3. The number of aryl methyl sites for hydroxylation is 3. The van der Waals surface area contributed by atoms with Gasteiger partial charge in [-0.1, -0.05) is 30.3 Å². The number of esters is 1. The molecule has 0 aliphatic heterocycles. The summed E-state index contributed by atoms with van der Waals surface area (Å²) in [6.45, 7) is 7.36. The highest BCUT2D eigenvalue weighted by Gasteiger charge is 2.15. The molecule has 0 fully saturated rings. The van der Waals surface area contributed by atoms with Gasteiger partial charge in [0.15, 0.2) is 11.4 Å². The van der Waals surface area contributed by atoms with E-state index in [9.17, 15) is 19.5 Å². The molecule has 0 saturated carbocycles. The van der Waals surface area contributed by atoms with Gasteiger partial charge in [0, 0.05) is 11.1 Å². The third kappa shape index (κ3) is 5.96. The SMILES string of the molecule is CCOC(=O)CNC(=O)c1cccc(-c2cccc(N=Nc3c(C)[nH]n(-c4ccc(C)c(C)c4)c3=O)c2O)c1. The number of rotatable bonds is 8. The number of carbonyl (C=O) groups is 2. The molecule has 1 heterocycles. The molecule has 39 heavy (non-hydrogen) atoms. The number of nitrogens with zero attached hydrogens (tertiary/aromatic N) is 3. The van der Waals surface area contributed by atoms with E-state index in [1.54, 1.807) is 56.3 Å². The maximum Gasteiger partial charge on any atom is 0.325 e. The Morgan fingerprint density at radius 3 is 2.51 bits per heavy atom. The number of phenolic OH excluding ortho intramolecular Hbond substituents is 1. The maximum atomic E-state index is 13.1. The Morgan fingerprint density at radius 2 is 1.77 bits per heavy atom. The van der Waals surface area contributed by atoms with Crippen LogP contribution in [-0.2, 0) is 9.53 Å². The van der Waals surface area contributed by atoms with E-state index >= 15 is 0 Å². The molecule has 0 spiro atoms. The molecule has 200 valence electrons. The van der Waals surface area contributed by atoms with Crippen LogP contribution in [0.3, 0.4) is 0 Å². The van der Waals surface area contributed by atoms with E-state index in [1.165, 1.54) is 4.68 Å². The Morgan fingerprint density at radius 1 is 1.00 bits per heavy atom. The van der Waals surface area contributed by atoms with Crippen molar-refractivity contribution in [2.75, 3.05) is 13.2 Å². The van der Waals surface area contributed by atoms with Crippen molar-refractivity contribution in [3.8, 4) is 22.6 Å². The zero-order valence-electron chi connectivity index (χ0n) is 22.1. The number of amides is 1. The summed E-state index contributed by atoms with van der Waals surface area (Å²) in [5.41, 5.74) is 4.58. The fourth-order valence-corrected chi connectivity index (χ4v) is 3.95. The van der Waals surface area contributed by atoms with Gasteiger partial charge in [-0.2, -0.15) is 0 Å². The molecular formula is C29H29N5O5. The van der Waals surface area contributed by atoms with Crippen molar-refractivity contribution in [1.29, 1.82) is 0 Å². The smallest absolute Gasteiger partial charge is 0.325 e. The minimum Gasteiger partial charge on any atom is -0.505 e. The fourth-order valence-electron chi connectivity index (χ4n) is 3.95. The van der Waals surface area contributed by atoms with Crippen LogP contribution < -0.4 is 10.9 Å². The fraction of sp³-hybridized carbons (Fsp3) is 0.207. The Bertz CT molecular complexity index is 1630. The molecular weight excluding hydrogens is 498 g/mol. The van der Waals surface area contributed by atoms with E-state index in [1.807, 2.05) is 32.0 Å². The number of azo groups is 1. The number of H-pyrrole nitrogens is 1. The topological polar surface area (TPSA) is 138 Å². The molecule has 1 amide bonds. The Hall–Kier alpha value is -4.99. The van der Waals surface area contributed by atoms with Crippen molar-refractivity contribution in [2.45, 2.75) is 27.7 Å². The predicted molar refractivity (Wildman–Crippen MR) is 147 cm³/mol. The third-order valence-electron chi connectivity index (χ3n) is 6.20. The Balaban J connectivity index is 1.59. The number of aromatic hydroxyl groups is 1. The second kappa shape index (κ2) is 11.6. The van der Waals surface area contributed by atoms with Crippen LogP contribution >= 0.6 is 0 Å². The van der Waals surface area contributed by atoms with Crippen LogP contribution in [0.1, 0.15) is 34.1 Å². The van der Waals surface area contributed by atoms with E-state index in [2.05, 4.69) is 20.6 Å². The number of aromatic amines is 1. The second-order valence-corrected chi connectivity index (χ2v) is 8.94. The molecule has 4 rings (SSSR count). The first-order chi connectivity index (χ1) is 18.7. The Labute approximate surface area is 225 Å². The molecule has 0 radical (unpaired) electrons. The second-order valence-electron chi connectivity index (χ2n) is 8.94. The van der Waals surface area contributed by atoms with Gasteiger partial charge in [0.1, 0.15) is 12.2 Å². The van der Waals surface area contributed by atoms with E-state index in [0.29, 0.717) is 28.1 Å². The molecule has 3 aromatic carbocycles. The van der Waals surface area contributed by atoms with Crippen LogP contribution in [0.2, 0.25) is 0 Å². The lowest BCUT2D eigenvalue weighted by Gasteiger charge is -2.09. The summed E-state index contributed by atoms with van der Waals surface area (Å²) in [4.78, 5) is 37.1. The van der Waals surface area contributed by atoms with Crippen molar-refractivity contribution in [3.05, 3.63) is 93.4 Å². The number of hydrogen-bond acceptors (Lipinski definition) is 7. The minimum absolute atomic E-state index is 0.123. The minimum atomic E-state index is -0.531. The number of ether oxygens (including phenoxy) is 1. The molecule has 0 atom stereocenters. The van der Waals surface area contributed by atoms with Crippen LogP contribution in [0.25, 0.3) is 16.8 Å². The highest BCUT2D eigenvalue weighted by atomic mass is 16.5. The van der Waals surface area contributed by atoms with Gasteiger partial charge in [-0.3, -0.25) is 19.5 Å². The standard InChI is InChI=1S/C29H29N5O5/c1-5-39-25(35)16-30-28(37)21-9-6-8-20(15-21)23-10-7-11-24(27(23)36)31-32-26-19(4)33-34(29(26)38)22-13-12-17(2)18(3)14-22/h6-15,33,36H,5,16H2,1-4H3,(H,30,37). The van der Waals surface area contributed by atoms with Crippen LogP contribution in [0.4, 0.5) is 11.4 Å². The van der Waals surface area contributed by atoms with Crippen LogP contribution in [0.5, 0.6) is 5.75 Å². The predicted octanol–water partition coefficient (Wildman–Crippen LogP) is 5.17. The first-order valence-corrected chi connectivity index (χ1v) is 12.4. The molecule has 0 aliphatic carbocycles. The molecule has 1 aromatic heterocycles. The van der Waals surface area contributed by atoms with E-state index in [4.69, 9.17) is 4.74 Å². The van der Waals surface area contributed by atoms with Gasteiger partial charge in [-0.25, -0.2) is 4.68 Å². The summed E-state index contributed by atoms with van der Waals surface area (Å²) in [5.74, 6) is -1.15. The van der Waals surface area contributed by atoms with Gasteiger partial charge in [0.05, 0.1) is 18.0 Å². The molecule has 0 saturated heterocycles. The van der Waals surface area contributed by atoms with Gasteiger partial charge in [-0.05, 0) is 74.7 Å². The lowest BCUT2D eigenvalue weighted by Crippen LogP contribution is -2.30. The van der Waals surface area contributed by atoms with Crippen LogP contribution in [0, 0.1) is 20.8 Å². The first kappa shape index (κ1) is 27.1. The number of phenols is 1. The molecule has 10 heteroatoms. The van der Waals surface area contributed by atoms with Crippen LogP contribution in [-0.4, -0.2) is 39.9 Å². The molecule has 0 bridgehead atoms. The monoisotopic (exact) mass is 527 g/mol. The molecule has 3 N–H and O–H groups in total. The summed E-state index contributed by atoms with van der Waals surface area (Å²) in [5, 5.41) is 24.8. The normalized spacial score (nSPS) is 11.1. The summed E-state index contributed by atoms with van der Waals surface area (Å²) in [6.07, 6.45) is 0. The van der Waals surface area contributed by atoms with E-state index < -0.39 is 11.9 Å². The summed E-state index contributed by atoms with van der Waals surface area (Å²) in [6, 6.07) is 17.2. The Kier molecular flexibility index (Phi) is 8.04. The number of nitrogens with one attached hydrogen (secondary N) is 2. The quantitative estimate of drug-likeness (QED) is 0.214. The molecule has 0 aliphatic rings. The average molecular weight is 528 g/mol. The van der Waals surface area contributed by atoms with Crippen molar-refractivity contribution in [3.63, 3.8) is 0 Å². The number of aromatic nitrogens is 2. The number of carbonyl (C=O) groups excluding carboxylic acids is 2. The first-order valence-electron chi connectivity index (χ1n) is 12.4. The van der Waals surface area contributed by atoms with Gasteiger partial charge in [0.25, 0.3) is 11.5 Å². The summed E-state index contributed by atoms with van der Waals surface area (Å²) >= 11 is 0. The zero-order chi connectivity index (χ0) is 28.1. The van der Waals surface area contributed by atoms with Gasteiger partial charge in [0.2, 0.25) is 0 Å². The third-order valence-corrected chi connectivity index (χ3v) is 6.20. The highest BCUT2D eigenvalue weighted by Crippen LogP contribution is 2.38. The van der Waals surface area contributed by atoms with E-state index in [-0.39, 0.29) is 35.8 Å². The number of para-hydroxylation sites is 1.